The van der Waals surface area contributed by atoms with Crippen molar-refractivity contribution in [2.45, 2.75) is 13.5 Å². The molecular formula is C21H21N3O6. The van der Waals surface area contributed by atoms with Gasteiger partial charge in [0.2, 0.25) is 11.7 Å². The first-order chi connectivity index (χ1) is 14.4. The van der Waals surface area contributed by atoms with E-state index in [4.69, 9.17) is 18.7 Å². The van der Waals surface area contributed by atoms with Crippen molar-refractivity contribution < 1.29 is 28.3 Å². The van der Waals surface area contributed by atoms with Crippen LogP contribution in [-0.2, 0) is 11.3 Å². The summed E-state index contributed by atoms with van der Waals surface area (Å²) >= 11 is 0. The highest BCUT2D eigenvalue weighted by atomic mass is 16.5. The summed E-state index contributed by atoms with van der Waals surface area (Å²) in [6.07, 6.45) is 0. The predicted octanol–water partition coefficient (Wildman–Crippen LogP) is 2.95. The first kappa shape index (κ1) is 20.8. The highest BCUT2D eigenvalue weighted by Gasteiger charge is 2.20. The zero-order valence-electron chi connectivity index (χ0n) is 17.0. The number of hydrogen-bond acceptors (Lipinski definition) is 8. The molecule has 2 aromatic carbocycles. The number of amides is 1. The largest absolute Gasteiger partial charge is 0.493 e. The molecule has 0 atom stereocenters. The van der Waals surface area contributed by atoms with E-state index in [9.17, 15) is 9.59 Å². The minimum Gasteiger partial charge on any atom is -0.493 e. The third kappa shape index (κ3) is 4.57. The number of carbonyl (C=O) groups is 2. The van der Waals surface area contributed by atoms with E-state index in [1.165, 1.54) is 18.9 Å². The van der Waals surface area contributed by atoms with Gasteiger partial charge >= 0.3 is 5.97 Å². The molecule has 0 radical (unpaired) electrons. The van der Waals surface area contributed by atoms with Gasteiger partial charge in [-0.3, -0.25) is 9.59 Å². The molecule has 1 amide bonds. The van der Waals surface area contributed by atoms with E-state index in [1.54, 1.807) is 56.6 Å². The van der Waals surface area contributed by atoms with Crippen LogP contribution in [0.2, 0.25) is 0 Å². The van der Waals surface area contributed by atoms with Crippen LogP contribution in [0.1, 0.15) is 23.2 Å². The molecule has 3 rings (SSSR count). The number of nitrogens with zero attached hydrogens (tertiary/aromatic N) is 3. The average molecular weight is 411 g/mol. The average Bonchev–Trinajstić information content (AvgIpc) is 3.21. The van der Waals surface area contributed by atoms with Gasteiger partial charge in [-0.25, -0.2) is 0 Å². The van der Waals surface area contributed by atoms with Crippen LogP contribution in [0.15, 0.2) is 47.0 Å². The van der Waals surface area contributed by atoms with E-state index < -0.39 is 5.97 Å². The summed E-state index contributed by atoms with van der Waals surface area (Å²) in [5, 5.41) is 3.97. The molecule has 0 aliphatic rings. The standard InChI is InChI=1S/C21H21N3O6/c1-13(25)29-16-8-6-5-7-15(16)21(26)24(2)12-19-22-20(23-30-19)14-9-10-17(27-3)18(11-14)28-4/h5-11H,12H2,1-4H3. The third-order valence-electron chi connectivity index (χ3n) is 4.20. The molecule has 0 saturated heterocycles. The Balaban J connectivity index is 1.76. The van der Waals surface area contributed by atoms with E-state index in [0.29, 0.717) is 22.9 Å². The number of aromatic nitrogens is 2. The van der Waals surface area contributed by atoms with Gasteiger partial charge in [-0.1, -0.05) is 17.3 Å². The minimum atomic E-state index is -0.505. The van der Waals surface area contributed by atoms with Crippen molar-refractivity contribution in [3.63, 3.8) is 0 Å². The van der Waals surface area contributed by atoms with Crippen LogP contribution < -0.4 is 14.2 Å². The summed E-state index contributed by atoms with van der Waals surface area (Å²) in [5.41, 5.74) is 0.937. The van der Waals surface area contributed by atoms with Crippen molar-refractivity contribution >= 4 is 11.9 Å². The quantitative estimate of drug-likeness (QED) is 0.432. The Labute approximate surface area is 173 Å². The Morgan fingerprint density at radius 3 is 2.47 bits per heavy atom. The van der Waals surface area contributed by atoms with Crippen molar-refractivity contribution in [2.24, 2.45) is 0 Å². The maximum atomic E-state index is 12.8. The van der Waals surface area contributed by atoms with Crippen molar-refractivity contribution in [3.05, 3.63) is 53.9 Å². The first-order valence-electron chi connectivity index (χ1n) is 9.00. The SMILES string of the molecule is COc1ccc(-c2noc(CN(C)C(=O)c3ccccc3OC(C)=O)n2)cc1OC. The van der Waals surface area contributed by atoms with Crippen LogP contribution in [0.25, 0.3) is 11.4 Å². The lowest BCUT2D eigenvalue weighted by atomic mass is 10.1. The molecule has 0 aliphatic heterocycles. The molecular weight excluding hydrogens is 390 g/mol. The molecule has 30 heavy (non-hydrogen) atoms. The van der Waals surface area contributed by atoms with Crippen LogP contribution in [0.5, 0.6) is 17.2 Å². The number of ether oxygens (including phenoxy) is 3. The van der Waals surface area contributed by atoms with Gasteiger partial charge in [-0.15, -0.1) is 0 Å². The first-order valence-corrected chi connectivity index (χ1v) is 9.00. The highest BCUT2D eigenvalue weighted by Crippen LogP contribution is 2.31. The Morgan fingerprint density at radius 2 is 1.77 bits per heavy atom. The summed E-state index contributed by atoms with van der Waals surface area (Å²) in [5.74, 6) is 1.07. The molecule has 9 nitrogen and oxygen atoms in total. The zero-order valence-corrected chi connectivity index (χ0v) is 17.0. The molecule has 1 heterocycles. The van der Waals surface area contributed by atoms with Gasteiger partial charge in [0, 0.05) is 19.5 Å². The number of rotatable bonds is 7. The summed E-state index contributed by atoms with van der Waals surface area (Å²) in [4.78, 5) is 29.8. The van der Waals surface area contributed by atoms with Crippen molar-refractivity contribution in [1.29, 1.82) is 0 Å². The van der Waals surface area contributed by atoms with Crippen LogP contribution in [-0.4, -0.2) is 48.2 Å². The highest BCUT2D eigenvalue weighted by molar-refractivity contribution is 5.97. The minimum absolute atomic E-state index is 0.0769. The Morgan fingerprint density at radius 1 is 1.03 bits per heavy atom. The lowest BCUT2D eigenvalue weighted by Crippen LogP contribution is -2.27. The van der Waals surface area contributed by atoms with Crippen molar-refractivity contribution in [2.75, 3.05) is 21.3 Å². The van der Waals surface area contributed by atoms with Crippen molar-refractivity contribution in [1.82, 2.24) is 15.0 Å². The van der Waals surface area contributed by atoms with E-state index in [0.717, 1.165) is 0 Å². The second-order valence-electron chi connectivity index (χ2n) is 6.33. The Bertz CT molecular complexity index is 1060. The van der Waals surface area contributed by atoms with Gasteiger partial charge < -0.3 is 23.6 Å². The van der Waals surface area contributed by atoms with E-state index in [2.05, 4.69) is 10.1 Å². The molecule has 156 valence electrons. The van der Waals surface area contributed by atoms with Gasteiger partial charge in [-0.2, -0.15) is 4.98 Å². The second-order valence-corrected chi connectivity index (χ2v) is 6.33. The lowest BCUT2D eigenvalue weighted by Gasteiger charge is -2.16. The Kier molecular flexibility index (Phi) is 6.31. The molecule has 0 spiro atoms. The fraction of sp³-hybridized carbons (Fsp3) is 0.238. The third-order valence-corrected chi connectivity index (χ3v) is 4.20. The van der Waals surface area contributed by atoms with Gasteiger partial charge in [0.1, 0.15) is 12.3 Å². The Hall–Kier alpha value is -3.88. The maximum Gasteiger partial charge on any atom is 0.308 e. The van der Waals surface area contributed by atoms with E-state index in [-0.39, 0.29) is 29.7 Å². The lowest BCUT2D eigenvalue weighted by molar-refractivity contribution is -0.131. The van der Waals surface area contributed by atoms with Gasteiger partial charge in [0.05, 0.1) is 19.8 Å². The van der Waals surface area contributed by atoms with Crippen molar-refractivity contribution in [3.8, 4) is 28.6 Å². The smallest absolute Gasteiger partial charge is 0.308 e. The second kappa shape index (κ2) is 9.08. The number of carbonyl (C=O) groups excluding carboxylic acids is 2. The van der Waals surface area contributed by atoms with Crippen LogP contribution in [0.4, 0.5) is 0 Å². The topological polar surface area (TPSA) is 104 Å². The maximum absolute atomic E-state index is 12.8. The number of para-hydroxylation sites is 1. The fourth-order valence-electron chi connectivity index (χ4n) is 2.78. The predicted molar refractivity (Wildman–Crippen MR) is 106 cm³/mol. The summed E-state index contributed by atoms with van der Waals surface area (Å²) in [6, 6.07) is 11.8. The van der Waals surface area contributed by atoms with Crippen LogP contribution in [0.3, 0.4) is 0 Å². The van der Waals surface area contributed by atoms with Gasteiger partial charge in [0.15, 0.2) is 11.5 Å². The van der Waals surface area contributed by atoms with E-state index >= 15 is 0 Å². The molecule has 0 unspecified atom stereocenters. The monoisotopic (exact) mass is 411 g/mol. The van der Waals surface area contributed by atoms with Gasteiger partial charge in [0.25, 0.3) is 5.91 Å². The van der Waals surface area contributed by atoms with Gasteiger partial charge in [-0.05, 0) is 30.3 Å². The molecule has 0 N–H and O–H groups in total. The molecule has 0 fully saturated rings. The number of methoxy groups -OCH3 is 2. The van der Waals surface area contributed by atoms with Crippen LogP contribution in [0, 0.1) is 0 Å². The number of esters is 1. The molecule has 9 heteroatoms. The number of hydrogen-bond donors (Lipinski definition) is 0. The summed E-state index contributed by atoms with van der Waals surface area (Å²) in [7, 11) is 4.68. The molecule has 1 aromatic heterocycles. The molecule has 0 saturated carbocycles. The molecule has 0 aliphatic carbocycles. The fourth-order valence-corrected chi connectivity index (χ4v) is 2.78. The van der Waals surface area contributed by atoms with Crippen LogP contribution >= 0.6 is 0 Å². The van der Waals surface area contributed by atoms with E-state index in [1.807, 2.05) is 0 Å². The normalized spacial score (nSPS) is 10.4. The molecule has 3 aromatic rings. The summed E-state index contributed by atoms with van der Waals surface area (Å²) in [6.45, 7) is 1.35. The molecule has 0 bridgehead atoms. The zero-order chi connectivity index (χ0) is 21.7. The number of benzene rings is 2. The summed E-state index contributed by atoms with van der Waals surface area (Å²) < 4.78 is 20.9.